The molecule has 1 amide bonds. The minimum absolute atomic E-state index is 0.000710. The van der Waals surface area contributed by atoms with E-state index < -0.39 is 5.54 Å². The van der Waals surface area contributed by atoms with Gasteiger partial charge in [-0.3, -0.25) is 15.1 Å². The summed E-state index contributed by atoms with van der Waals surface area (Å²) in [5.74, 6) is 2.20. The highest BCUT2D eigenvalue weighted by atomic mass is 16.2. The van der Waals surface area contributed by atoms with Crippen LogP contribution in [0.5, 0.6) is 0 Å². The maximum absolute atomic E-state index is 12.5. The molecule has 0 radical (unpaired) electrons. The van der Waals surface area contributed by atoms with Crippen LogP contribution in [0.4, 0.5) is 5.82 Å². The van der Waals surface area contributed by atoms with E-state index in [4.69, 9.17) is 4.98 Å². The highest BCUT2D eigenvalue weighted by Gasteiger charge is 2.46. The Morgan fingerprint density at radius 1 is 1.22 bits per heavy atom. The van der Waals surface area contributed by atoms with Crippen LogP contribution in [0.1, 0.15) is 18.5 Å². The molecule has 2 aliphatic heterocycles. The molecule has 0 aliphatic carbocycles. The normalized spacial score (nSPS) is 18.4. The molecule has 1 spiro atoms. The summed E-state index contributed by atoms with van der Waals surface area (Å²) in [6.07, 6.45) is 4.84. The molecule has 1 saturated heterocycles. The number of nitrogens with zero attached hydrogens (tertiary/aromatic N) is 6. The second-order valence-corrected chi connectivity index (χ2v) is 7.24. The van der Waals surface area contributed by atoms with Crippen molar-refractivity contribution in [2.45, 2.75) is 25.3 Å². The summed E-state index contributed by atoms with van der Waals surface area (Å²) in [6.45, 7) is 3.41. The van der Waals surface area contributed by atoms with Gasteiger partial charge in [-0.15, -0.1) is 0 Å². The van der Waals surface area contributed by atoms with E-state index in [1.807, 2.05) is 44.1 Å². The van der Waals surface area contributed by atoms with Gasteiger partial charge in [0.2, 0.25) is 5.96 Å². The first-order valence-electron chi connectivity index (χ1n) is 9.06. The summed E-state index contributed by atoms with van der Waals surface area (Å²) in [6, 6.07) is 5.82. The molecule has 2 aromatic heterocycles. The predicted molar refractivity (Wildman–Crippen MR) is 103 cm³/mol. The van der Waals surface area contributed by atoms with Gasteiger partial charge in [-0.2, -0.15) is 0 Å². The van der Waals surface area contributed by atoms with Crippen molar-refractivity contribution < 1.29 is 4.79 Å². The summed E-state index contributed by atoms with van der Waals surface area (Å²) in [4.78, 5) is 34.7. The van der Waals surface area contributed by atoms with Crippen molar-refractivity contribution in [3.8, 4) is 11.4 Å². The Bertz CT molecular complexity index is 886. The fourth-order valence-corrected chi connectivity index (χ4v) is 3.49. The number of nitrogens with one attached hydrogen (secondary N) is 1. The second kappa shape index (κ2) is 6.61. The van der Waals surface area contributed by atoms with E-state index in [1.54, 1.807) is 12.4 Å². The van der Waals surface area contributed by atoms with Crippen molar-refractivity contribution >= 4 is 17.7 Å². The Morgan fingerprint density at radius 3 is 2.63 bits per heavy atom. The van der Waals surface area contributed by atoms with Crippen molar-refractivity contribution in [2.75, 3.05) is 32.1 Å². The fourth-order valence-electron chi connectivity index (χ4n) is 3.49. The Hall–Kier alpha value is -3.03. The van der Waals surface area contributed by atoms with Crippen LogP contribution in [-0.4, -0.2) is 64.4 Å². The maximum atomic E-state index is 12.5. The van der Waals surface area contributed by atoms with Gasteiger partial charge in [-0.05, 0) is 31.9 Å². The summed E-state index contributed by atoms with van der Waals surface area (Å²) in [7, 11) is 3.77. The molecule has 140 valence electrons. The molecular formula is C19H23N7O. The summed E-state index contributed by atoms with van der Waals surface area (Å²) < 4.78 is 0. The van der Waals surface area contributed by atoms with Gasteiger partial charge in [-0.1, -0.05) is 0 Å². The average molecular weight is 365 g/mol. The van der Waals surface area contributed by atoms with Crippen molar-refractivity contribution in [2.24, 2.45) is 4.99 Å². The lowest BCUT2D eigenvalue weighted by molar-refractivity contribution is -0.124. The highest BCUT2D eigenvalue weighted by Crippen LogP contribution is 2.32. The Kier molecular flexibility index (Phi) is 4.25. The zero-order chi connectivity index (χ0) is 19.0. The van der Waals surface area contributed by atoms with E-state index in [9.17, 15) is 4.79 Å². The smallest absolute Gasteiger partial charge is 0.254 e. The number of hydrogen-bond acceptors (Lipinski definition) is 7. The molecule has 8 heteroatoms. The number of aryl methyl sites for hydroxylation is 1. The van der Waals surface area contributed by atoms with Gasteiger partial charge in [0.05, 0.1) is 0 Å². The zero-order valence-electron chi connectivity index (χ0n) is 15.8. The molecule has 27 heavy (non-hydrogen) atoms. The van der Waals surface area contributed by atoms with Crippen LogP contribution in [0.25, 0.3) is 11.4 Å². The molecule has 0 bridgehead atoms. The SMILES string of the molecule is Cc1cc(N2CCC3(CC2)N=C(N(C)C)NC3=O)nc(-c2cccnc2)n1. The number of piperidine rings is 1. The number of amides is 1. The lowest BCUT2D eigenvalue weighted by Gasteiger charge is -2.36. The number of aliphatic imine (C=N–C) groups is 1. The van der Waals surface area contributed by atoms with Crippen LogP contribution in [0.2, 0.25) is 0 Å². The first-order valence-corrected chi connectivity index (χ1v) is 9.06. The minimum atomic E-state index is -0.648. The quantitative estimate of drug-likeness (QED) is 0.862. The molecule has 0 atom stereocenters. The zero-order valence-corrected chi connectivity index (χ0v) is 15.8. The van der Waals surface area contributed by atoms with Gasteiger partial charge < -0.3 is 9.80 Å². The Labute approximate surface area is 158 Å². The number of pyridine rings is 1. The molecule has 1 N–H and O–H groups in total. The van der Waals surface area contributed by atoms with Gasteiger partial charge in [-0.25, -0.2) is 15.0 Å². The number of rotatable bonds is 2. The minimum Gasteiger partial charge on any atom is -0.356 e. The van der Waals surface area contributed by atoms with Crippen molar-refractivity contribution in [1.29, 1.82) is 0 Å². The molecule has 1 fully saturated rings. The largest absolute Gasteiger partial charge is 0.356 e. The summed E-state index contributed by atoms with van der Waals surface area (Å²) >= 11 is 0. The van der Waals surface area contributed by atoms with E-state index >= 15 is 0 Å². The van der Waals surface area contributed by atoms with Crippen LogP contribution >= 0.6 is 0 Å². The van der Waals surface area contributed by atoms with Gasteiger partial charge in [0.1, 0.15) is 11.4 Å². The summed E-state index contributed by atoms with van der Waals surface area (Å²) in [5, 5.41) is 2.89. The predicted octanol–water partition coefficient (Wildman–Crippen LogP) is 1.23. The molecule has 4 heterocycles. The van der Waals surface area contributed by atoms with E-state index in [2.05, 4.69) is 25.2 Å². The van der Waals surface area contributed by atoms with Gasteiger partial charge >= 0.3 is 0 Å². The third-order valence-electron chi connectivity index (χ3n) is 5.07. The van der Waals surface area contributed by atoms with Crippen LogP contribution < -0.4 is 10.2 Å². The van der Waals surface area contributed by atoms with E-state index in [-0.39, 0.29) is 5.91 Å². The first kappa shape index (κ1) is 17.4. The monoisotopic (exact) mass is 365 g/mol. The molecule has 0 unspecified atom stereocenters. The topological polar surface area (TPSA) is 86.6 Å². The first-order chi connectivity index (χ1) is 13.0. The van der Waals surface area contributed by atoms with Crippen molar-refractivity contribution in [3.63, 3.8) is 0 Å². The summed E-state index contributed by atoms with van der Waals surface area (Å²) in [5.41, 5.74) is 1.15. The molecule has 2 aromatic rings. The second-order valence-electron chi connectivity index (χ2n) is 7.24. The number of guanidine groups is 1. The van der Waals surface area contributed by atoms with Gasteiger partial charge in [0, 0.05) is 56.9 Å². The van der Waals surface area contributed by atoms with Gasteiger partial charge in [0.15, 0.2) is 5.82 Å². The number of carbonyl (C=O) groups is 1. The Morgan fingerprint density at radius 2 is 2.00 bits per heavy atom. The molecular weight excluding hydrogens is 342 g/mol. The van der Waals surface area contributed by atoms with Crippen LogP contribution in [0.15, 0.2) is 35.6 Å². The number of anilines is 1. The Balaban J connectivity index is 1.55. The number of aromatic nitrogens is 3. The van der Waals surface area contributed by atoms with E-state index in [0.717, 1.165) is 30.2 Å². The lowest BCUT2D eigenvalue weighted by Crippen LogP contribution is -2.49. The van der Waals surface area contributed by atoms with Crippen molar-refractivity contribution in [1.82, 2.24) is 25.2 Å². The molecule has 4 rings (SSSR count). The molecule has 8 nitrogen and oxygen atoms in total. The van der Waals surface area contributed by atoms with E-state index in [1.165, 1.54) is 0 Å². The average Bonchev–Trinajstić information content (AvgIpc) is 2.99. The van der Waals surface area contributed by atoms with Crippen LogP contribution in [-0.2, 0) is 4.79 Å². The number of carbonyl (C=O) groups excluding carboxylic acids is 1. The molecule has 0 aromatic carbocycles. The third-order valence-corrected chi connectivity index (χ3v) is 5.07. The molecule has 2 aliphatic rings. The molecule has 0 saturated carbocycles. The van der Waals surface area contributed by atoms with Crippen molar-refractivity contribution in [3.05, 3.63) is 36.3 Å². The lowest BCUT2D eigenvalue weighted by atomic mass is 9.88. The highest BCUT2D eigenvalue weighted by molar-refractivity contribution is 6.07. The standard InChI is InChI=1S/C19H23N7O/c1-13-11-15(22-16(21-13)14-5-4-8-20-12-14)26-9-6-19(7-10-26)17(27)23-18(24-19)25(2)3/h4-5,8,11-12H,6-7,9-10H2,1-3H3,(H,23,24,27). The van der Waals surface area contributed by atoms with Gasteiger partial charge in [0.25, 0.3) is 5.91 Å². The van der Waals surface area contributed by atoms with Crippen LogP contribution in [0, 0.1) is 6.92 Å². The van der Waals surface area contributed by atoms with E-state index in [0.29, 0.717) is 24.6 Å². The van der Waals surface area contributed by atoms with Crippen LogP contribution in [0.3, 0.4) is 0 Å². The maximum Gasteiger partial charge on any atom is 0.254 e. The third kappa shape index (κ3) is 3.22. The fraction of sp³-hybridized carbons (Fsp3) is 0.421. The number of hydrogen-bond donors (Lipinski definition) is 1.